The smallest absolute Gasteiger partial charge is 0.252 e. The Morgan fingerprint density at radius 1 is 1.16 bits per heavy atom. The Morgan fingerprint density at radius 3 is 2.61 bits per heavy atom. The fourth-order valence-corrected chi connectivity index (χ4v) is 4.09. The van der Waals surface area contributed by atoms with E-state index in [4.69, 9.17) is 4.74 Å². The molecular weight excluding hydrogens is 410 g/mol. The maximum atomic E-state index is 12.7. The predicted molar refractivity (Wildman–Crippen MR) is 122 cm³/mol. The topological polar surface area (TPSA) is 80.3 Å². The number of carbonyl (C=O) groups is 2. The maximum Gasteiger partial charge on any atom is 0.252 e. The quantitative estimate of drug-likeness (QED) is 0.524. The van der Waals surface area contributed by atoms with Crippen molar-refractivity contribution in [2.24, 2.45) is 0 Å². The highest BCUT2D eigenvalue weighted by molar-refractivity contribution is 8.00. The lowest BCUT2D eigenvalue weighted by Crippen LogP contribution is -2.30. The molecule has 1 saturated carbocycles. The third-order valence-corrected chi connectivity index (χ3v) is 6.16. The van der Waals surface area contributed by atoms with Crippen LogP contribution in [0, 0.1) is 0 Å². The number of amides is 2. The first-order valence-corrected chi connectivity index (χ1v) is 11.2. The largest absolute Gasteiger partial charge is 0.497 e. The second-order valence-corrected chi connectivity index (χ2v) is 8.96. The van der Waals surface area contributed by atoms with Crippen molar-refractivity contribution >= 4 is 34.5 Å². The number of thioether (sulfide) groups is 1. The molecule has 1 fully saturated rings. The van der Waals surface area contributed by atoms with E-state index in [1.54, 1.807) is 13.2 Å². The highest BCUT2D eigenvalue weighted by atomic mass is 32.2. The Kier molecular flexibility index (Phi) is 6.42. The van der Waals surface area contributed by atoms with E-state index in [9.17, 15) is 9.59 Å². The Hall–Kier alpha value is -3.06. The van der Waals surface area contributed by atoms with Gasteiger partial charge >= 0.3 is 0 Å². The molecule has 1 atom stereocenters. The molecule has 2 amide bonds. The van der Waals surface area contributed by atoms with Gasteiger partial charge in [-0.2, -0.15) is 0 Å². The average molecular weight is 436 g/mol. The van der Waals surface area contributed by atoms with Crippen LogP contribution in [0.25, 0.3) is 10.9 Å². The van der Waals surface area contributed by atoms with Gasteiger partial charge in [0.15, 0.2) is 0 Å². The number of aromatic nitrogens is 1. The lowest BCUT2D eigenvalue weighted by atomic mass is 10.1. The van der Waals surface area contributed by atoms with E-state index in [-0.39, 0.29) is 23.1 Å². The van der Waals surface area contributed by atoms with Gasteiger partial charge in [0.25, 0.3) is 5.91 Å². The van der Waals surface area contributed by atoms with Gasteiger partial charge in [0.2, 0.25) is 5.91 Å². The van der Waals surface area contributed by atoms with E-state index in [0.717, 1.165) is 35.1 Å². The van der Waals surface area contributed by atoms with Gasteiger partial charge in [-0.3, -0.25) is 9.59 Å². The summed E-state index contributed by atoms with van der Waals surface area (Å²) in [4.78, 5) is 30.0. The van der Waals surface area contributed by atoms with E-state index in [2.05, 4.69) is 15.6 Å². The minimum Gasteiger partial charge on any atom is -0.497 e. The SMILES string of the molecule is COc1ccc(CNC(=O)C(C)Sc2cc(C(=O)NC3CC3)c3ccccc3n2)cc1. The summed E-state index contributed by atoms with van der Waals surface area (Å²) in [5.41, 5.74) is 2.35. The highest BCUT2D eigenvalue weighted by Crippen LogP contribution is 2.28. The van der Waals surface area contributed by atoms with Crippen LogP contribution >= 0.6 is 11.8 Å². The Labute approximate surface area is 185 Å². The van der Waals surface area contributed by atoms with Gasteiger partial charge < -0.3 is 15.4 Å². The van der Waals surface area contributed by atoms with Crippen molar-refractivity contribution in [3.63, 3.8) is 0 Å². The monoisotopic (exact) mass is 435 g/mol. The number of hydrogen-bond donors (Lipinski definition) is 2. The summed E-state index contributed by atoms with van der Waals surface area (Å²) in [6.45, 7) is 2.28. The first-order valence-electron chi connectivity index (χ1n) is 10.3. The van der Waals surface area contributed by atoms with Crippen LogP contribution in [-0.2, 0) is 11.3 Å². The molecule has 1 aliphatic carbocycles. The Balaban J connectivity index is 1.45. The number of para-hydroxylation sites is 1. The van der Waals surface area contributed by atoms with E-state index in [0.29, 0.717) is 17.1 Å². The lowest BCUT2D eigenvalue weighted by Gasteiger charge is -2.14. The fourth-order valence-electron chi connectivity index (χ4n) is 3.20. The summed E-state index contributed by atoms with van der Waals surface area (Å²) in [6, 6.07) is 17.2. The summed E-state index contributed by atoms with van der Waals surface area (Å²) in [5, 5.41) is 7.13. The van der Waals surface area contributed by atoms with Gasteiger partial charge in [-0.1, -0.05) is 42.1 Å². The van der Waals surface area contributed by atoms with Crippen LogP contribution in [0.5, 0.6) is 5.75 Å². The molecule has 2 N–H and O–H groups in total. The van der Waals surface area contributed by atoms with E-state index in [1.165, 1.54) is 11.8 Å². The van der Waals surface area contributed by atoms with Gasteiger partial charge in [-0.25, -0.2) is 4.98 Å². The third-order valence-electron chi connectivity index (χ3n) is 5.14. The number of nitrogens with zero attached hydrogens (tertiary/aromatic N) is 1. The second kappa shape index (κ2) is 9.39. The van der Waals surface area contributed by atoms with E-state index >= 15 is 0 Å². The van der Waals surface area contributed by atoms with Crippen molar-refractivity contribution in [2.45, 2.75) is 42.6 Å². The number of pyridine rings is 1. The van der Waals surface area contributed by atoms with Crippen LogP contribution in [0.3, 0.4) is 0 Å². The first kappa shape index (κ1) is 21.2. The van der Waals surface area contributed by atoms with Gasteiger partial charge in [-0.05, 0) is 49.6 Å². The number of benzene rings is 2. The normalized spacial score (nSPS) is 14.1. The summed E-state index contributed by atoms with van der Waals surface area (Å²) >= 11 is 1.35. The number of ether oxygens (including phenoxy) is 1. The molecular formula is C24H25N3O3S. The molecule has 3 aromatic rings. The molecule has 6 nitrogen and oxygen atoms in total. The minimum atomic E-state index is -0.355. The summed E-state index contributed by atoms with van der Waals surface area (Å²) in [7, 11) is 1.62. The van der Waals surface area contributed by atoms with Crippen LogP contribution in [0.2, 0.25) is 0 Å². The van der Waals surface area contributed by atoms with Crippen molar-refractivity contribution in [2.75, 3.05) is 7.11 Å². The Bertz CT molecular complexity index is 1100. The van der Waals surface area contributed by atoms with Gasteiger partial charge in [0.05, 0.1) is 28.5 Å². The number of rotatable bonds is 8. The molecule has 1 aliphatic rings. The molecule has 0 bridgehead atoms. The highest BCUT2D eigenvalue weighted by Gasteiger charge is 2.25. The van der Waals surface area contributed by atoms with E-state index in [1.807, 2.05) is 55.5 Å². The number of carbonyl (C=O) groups excluding carboxylic acids is 2. The van der Waals surface area contributed by atoms with Crippen LogP contribution in [-0.4, -0.2) is 35.2 Å². The molecule has 31 heavy (non-hydrogen) atoms. The predicted octanol–water partition coefficient (Wildman–Crippen LogP) is 3.93. The van der Waals surface area contributed by atoms with Crippen molar-refractivity contribution in [1.29, 1.82) is 0 Å². The van der Waals surface area contributed by atoms with Crippen molar-refractivity contribution < 1.29 is 14.3 Å². The molecule has 1 heterocycles. The van der Waals surface area contributed by atoms with Crippen LogP contribution in [0.4, 0.5) is 0 Å². The number of methoxy groups -OCH3 is 1. The van der Waals surface area contributed by atoms with Crippen LogP contribution in [0.15, 0.2) is 59.6 Å². The minimum absolute atomic E-state index is 0.0836. The average Bonchev–Trinajstić information content (AvgIpc) is 3.61. The summed E-state index contributed by atoms with van der Waals surface area (Å²) < 4.78 is 5.15. The van der Waals surface area contributed by atoms with Crippen molar-refractivity contribution in [3.8, 4) is 5.75 Å². The molecule has 0 radical (unpaired) electrons. The van der Waals surface area contributed by atoms with Crippen LogP contribution in [0.1, 0.15) is 35.7 Å². The van der Waals surface area contributed by atoms with Gasteiger partial charge in [0, 0.05) is 18.0 Å². The zero-order chi connectivity index (χ0) is 21.8. The van der Waals surface area contributed by atoms with Gasteiger partial charge in [-0.15, -0.1) is 0 Å². The maximum absolute atomic E-state index is 12.7. The number of nitrogens with one attached hydrogen (secondary N) is 2. The van der Waals surface area contributed by atoms with Crippen LogP contribution < -0.4 is 15.4 Å². The third kappa shape index (κ3) is 5.35. The fraction of sp³-hybridized carbons (Fsp3) is 0.292. The zero-order valence-electron chi connectivity index (χ0n) is 17.6. The molecule has 7 heteroatoms. The Morgan fingerprint density at radius 2 is 1.90 bits per heavy atom. The van der Waals surface area contributed by atoms with Crippen molar-refractivity contribution in [3.05, 3.63) is 65.7 Å². The molecule has 0 saturated heterocycles. The molecule has 2 aromatic carbocycles. The zero-order valence-corrected chi connectivity index (χ0v) is 18.4. The van der Waals surface area contributed by atoms with E-state index < -0.39 is 0 Å². The number of fused-ring (bicyclic) bond motifs is 1. The molecule has 1 aromatic heterocycles. The van der Waals surface area contributed by atoms with Gasteiger partial charge in [0.1, 0.15) is 5.75 Å². The van der Waals surface area contributed by atoms with Crippen molar-refractivity contribution in [1.82, 2.24) is 15.6 Å². The summed E-state index contributed by atoms with van der Waals surface area (Å²) in [6.07, 6.45) is 2.06. The molecule has 4 rings (SSSR count). The second-order valence-electron chi connectivity index (χ2n) is 7.60. The standard InChI is InChI=1S/C24H25N3O3S/c1-15(23(28)25-14-16-7-11-18(30-2)12-8-16)31-22-13-20(24(29)26-17-9-10-17)19-5-3-4-6-21(19)27-22/h3-8,11-13,15,17H,9-10,14H2,1-2H3,(H,25,28)(H,26,29). The summed E-state index contributed by atoms with van der Waals surface area (Å²) in [5.74, 6) is 0.613. The lowest BCUT2D eigenvalue weighted by molar-refractivity contribution is -0.120. The number of hydrogen-bond acceptors (Lipinski definition) is 5. The molecule has 160 valence electrons. The molecule has 0 spiro atoms. The molecule has 0 aliphatic heterocycles. The first-order chi connectivity index (χ1) is 15.0. The molecule has 1 unspecified atom stereocenters.